The summed E-state index contributed by atoms with van der Waals surface area (Å²) < 4.78 is 0. The number of anilines is 3. The van der Waals surface area contributed by atoms with E-state index in [9.17, 15) is 0 Å². The van der Waals surface area contributed by atoms with Crippen molar-refractivity contribution in [2.75, 3.05) is 29.7 Å². The standard InChI is InChI=1S/C13H25N7/c1-4-9-5-7-10(8-6-9)15-11-16-12(19-14)18-13(17-11)20(2)3/h9-10H,4-8,14H2,1-3H3,(H2,15,16,17,18,19). The highest BCUT2D eigenvalue weighted by atomic mass is 15.4. The predicted molar refractivity (Wildman–Crippen MR) is 81.6 cm³/mol. The summed E-state index contributed by atoms with van der Waals surface area (Å²) in [6, 6.07) is 0.445. The molecule has 0 unspecified atom stereocenters. The van der Waals surface area contributed by atoms with Gasteiger partial charge in [-0.3, -0.25) is 5.43 Å². The van der Waals surface area contributed by atoms with Gasteiger partial charge in [-0.25, -0.2) is 5.84 Å². The monoisotopic (exact) mass is 279 g/mol. The Balaban J connectivity index is 2.03. The molecule has 1 aromatic rings. The molecule has 0 aromatic carbocycles. The molecular weight excluding hydrogens is 254 g/mol. The highest BCUT2D eigenvalue weighted by Gasteiger charge is 2.21. The summed E-state index contributed by atoms with van der Waals surface area (Å²) in [7, 11) is 3.79. The van der Waals surface area contributed by atoms with E-state index in [0.29, 0.717) is 23.9 Å². The van der Waals surface area contributed by atoms with E-state index < -0.39 is 0 Å². The number of nitrogens with two attached hydrogens (primary N) is 1. The number of rotatable bonds is 5. The number of hydrogen-bond donors (Lipinski definition) is 3. The molecule has 0 saturated heterocycles. The van der Waals surface area contributed by atoms with Gasteiger partial charge in [-0.1, -0.05) is 13.3 Å². The fourth-order valence-electron chi connectivity index (χ4n) is 2.59. The van der Waals surface area contributed by atoms with Crippen LogP contribution in [0.1, 0.15) is 39.0 Å². The third-order valence-electron chi connectivity index (χ3n) is 3.91. The largest absolute Gasteiger partial charge is 0.351 e. The van der Waals surface area contributed by atoms with Crippen molar-refractivity contribution in [2.45, 2.75) is 45.1 Å². The Labute approximate surface area is 120 Å². The molecule has 0 atom stereocenters. The quantitative estimate of drug-likeness (QED) is 0.557. The second-order valence-electron chi connectivity index (χ2n) is 5.59. The molecule has 112 valence electrons. The van der Waals surface area contributed by atoms with Gasteiger partial charge in [-0.2, -0.15) is 15.0 Å². The van der Waals surface area contributed by atoms with Gasteiger partial charge in [0.15, 0.2) is 0 Å². The lowest BCUT2D eigenvalue weighted by atomic mass is 9.85. The zero-order valence-corrected chi connectivity index (χ0v) is 12.6. The van der Waals surface area contributed by atoms with Crippen molar-refractivity contribution in [2.24, 2.45) is 11.8 Å². The van der Waals surface area contributed by atoms with Crippen molar-refractivity contribution in [3.8, 4) is 0 Å². The fourth-order valence-corrected chi connectivity index (χ4v) is 2.59. The smallest absolute Gasteiger partial charge is 0.243 e. The normalized spacial score (nSPS) is 22.4. The lowest BCUT2D eigenvalue weighted by molar-refractivity contribution is 0.329. The van der Waals surface area contributed by atoms with Gasteiger partial charge in [0.05, 0.1) is 0 Å². The van der Waals surface area contributed by atoms with Crippen LogP contribution in [0.15, 0.2) is 0 Å². The summed E-state index contributed by atoms with van der Waals surface area (Å²) in [6.07, 6.45) is 6.19. The van der Waals surface area contributed by atoms with Crippen LogP contribution in [-0.4, -0.2) is 35.1 Å². The van der Waals surface area contributed by atoms with Crippen molar-refractivity contribution >= 4 is 17.8 Å². The zero-order valence-electron chi connectivity index (χ0n) is 12.6. The van der Waals surface area contributed by atoms with Crippen LogP contribution in [0.4, 0.5) is 17.8 Å². The number of nitrogen functional groups attached to an aromatic ring is 1. The maximum atomic E-state index is 5.41. The average molecular weight is 279 g/mol. The molecular formula is C13H25N7. The molecule has 1 aliphatic carbocycles. The first-order chi connectivity index (χ1) is 9.62. The molecule has 2 rings (SSSR count). The van der Waals surface area contributed by atoms with Crippen LogP contribution in [0.25, 0.3) is 0 Å². The van der Waals surface area contributed by atoms with E-state index >= 15 is 0 Å². The van der Waals surface area contributed by atoms with Crippen LogP contribution in [0.5, 0.6) is 0 Å². The molecule has 0 spiro atoms. The molecule has 20 heavy (non-hydrogen) atoms. The molecule has 1 aromatic heterocycles. The van der Waals surface area contributed by atoms with E-state index in [-0.39, 0.29) is 0 Å². The molecule has 4 N–H and O–H groups in total. The van der Waals surface area contributed by atoms with Crippen LogP contribution in [0.3, 0.4) is 0 Å². The van der Waals surface area contributed by atoms with E-state index in [1.165, 1.54) is 32.1 Å². The minimum Gasteiger partial charge on any atom is -0.351 e. The number of nitrogens with one attached hydrogen (secondary N) is 2. The molecule has 7 nitrogen and oxygen atoms in total. The van der Waals surface area contributed by atoms with Gasteiger partial charge in [0.25, 0.3) is 0 Å². The highest BCUT2D eigenvalue weighted by Crippen LogP contribution is 2.28. The number of nitrogens with zero attached hydrogens (tertiary/aromatic N) is 4. The summed E-state index contributed by atoms with van der Waals surface area (Å²) in [5.41, 5.74) is 2.49. The van der Waals surface area contributed by atoms with Crippen molar-refractivity contribution in [3.05, 3.63) is 0 Å². The van der Waals surface area contributed by atoms with E-state index in [1.54, 1.807) is 0 Å². The van der Waals surface area contributed by atoms with Crippen molar-refractivity contribution in [1.29, 1.82) is 0 Å². The minimum absolute atomic E-state index is 0.383. The topological polar surface area (TPSA) is 92.0 Å². The van der Waals surface area contributed by atoms with Crippen LogP contribution < -0.4 is 21.5 Å². The number of hydrazine groups is 1. The summed E-state index contributed by atoms with van der Waals surface area (Å²) in [5.74, 6) is 7.86. The number of hydrogen-bond acceptors (Lipinski definition) is 7. The summed E-state index contributed by atoms with van der Waals surface area (Å²) >= 11 is 0. The van der Waals surface area contributed by atoms with Gasteiger partial charge in [-0.15, -0.1) is 0 Å². The fraction of sp³-hybridized carbons (Fsp3) is 0.769. The second-order valence-corrected chi connectivity index (χ2v) is 5.59. The van der Waals surface area contributed by atoms with Crippen LogP contribution in [-0.2, 0) is 0 Å². The number of aromatic nitrogens is 3. The van der Waals surface area contributed by atoms with Gasteiger partial charge >= 0.3 is 0 Å². The van der Waals surface area contributed by atoms with E-state index in [1.807, 2.05) is 19.0 Å². The van der Waals surface area contributed by atoms with E-state index in [4.69, 9.17) is 5.84 Å². The predicted octanol–water partition coefficient (Wildman–Crippen LogP) is 1.60. The first-order valence-corrected chi connectivity index (χ1v) is 7.29. The Morgan fingerprint density at radius 3 is 2.30 bits per heavy atom. The Bertz CT molecular complexity index is 427. The Hall–Kier alpha value is -1.63. The first kappa shape index (κ1) is 14.8. The van der Waals surface area contributed by atoms with Gasteiger partial charge in [0.2, 0.25) is 17.8 Å². The van der Waals surface area contributed by atoms with Gasteiger partial charge in [0.1, 0.15) is 0 Å². The average Bonchev–Trinajstić information content (AvgIpc) is 2.47. The molecule has 0 amide bonds. The summed E-state index contributed by atoms with van der Waals surface area (Å²) in [5, 5.41) is 3.41. The highest BCUT2D eigenvalue weighted by molar-refractivity contribution is 5.42. The Morgan fingerprint density at radius 2 is 1.75 bits per heavy atom. The molecule has 0 bridgehead atoms. The Morgan fingerprint density at radius 1 is 1.10 bits per heavy atom. The third-order valence-corrected chi connectivity index (χ3v) is 3.91. The summed E-state index contributed by atoms with van der Waals surface area (Å²) in [6.45, 7) is 2.27. The van der Waals surface area contributed by atoms with Crippen molar-refractivity contribution in [1.82, 2.24) is 15.0 Å². The molecule has 1 aliphatic rings. The molecule has 0 radical (unpaired) electrons. The maximum absolute atomic E-state index is 5.41. The second kappa shape index (κ2) is 6.69. The van der Waals surface area contributed by atoms with Gasteiger partial charge in [-0.05, 0) is 31.6 Å². The van der Waals surface area contributed by atoms with Crippen LogP contribution >= 0.6 is 0 Å². The zero-order chi connectivity index (χ0) is 14.5. The molecule has 0 aliphatic heterocycles. The third kappa shape index (κ3) is 3.69. The summed E-state index contributed by atoms with van der Waals surface area (Å²) in [4.78, 5) is 14.7. The van der Waals surface area contributed by atoms with Gasteiger partial charge in [0, 0.05) is 20.1 Å². The first-order valence-electron chi connectivity index (χ1n) is 7.29. The molecule has 7 heteroatoms. The minimum atomic E-state index is 0.383. The van der Waals surface area contributed by atoms with Crippen LogP contribution in [0.2, 0.25) is 0 Å². The molecule has 1 fully saturated rings. The van der Waals surface area contributed by atoms with E-state index in [0.717, 1.165) is 5.92 Å². The molecule has 1 saturated carbocycles. The van der Waals surface area contributed by atoms with E-state index in [2.05, 4.69) is 32.6 Å². The van der Waals surface area contributed by atoms with Crippen LogP contribution in [0, 0.1) is 5.92 Å². The van der Waals surface area contributed by atoms with Crippen molar-refractivity contribution < 1.29 is 0 Å². The van der Waals surface area contributed by atoms with Gasteiger partial charge < -0.3 is 10.2 Å². The van der Waals surface area contributed by atoms with Crippen molar-refractivity contribution in [3.63, 3.8) is 0 Å². The lowest BCUT2D eigenvalue weighted by Crippen LogP contribution is -2.28. The maximum Gasteiger partial charge on any atom is 0.243 e. The lowest BCUT2D eigenvalue weighted by Gasteiger charge is -2.28. The molecule has 1 heterocycles. The SMILES string of the molecule is CCC1CCC(Nc2nc(NN)nc(N(C)C)n2)CC1. The Kier molecular flexibility index (Phi) is 4.94.